The summed E-state index contributed by atoms with van der Waals surface area (Å²) in [7, 11) is 0. The average molecular weight is 285 g/mol. The molecule has 2 aromatic rings. The predicted molar refractivity (Wildman–Crippen MR) is 79.0 cm³/mol. The van der Waals surface area contributed by atoms with Gasteiger partial charge in [-0.15, -0.1) is 0 Å². The van der Waals surface area contributed by atoms with Gasteiger partial charge in [-0.25, -0.2) is 0 Å². The minimum absolute atomic E-state index is 0.00190. The number of carbonyl (C=O) groups excluding carboxylic acids is 1. The maximum Gasteiger partial charge on any atom is 0.247 e. The van der Waals surface area contributed by atoms with Gasteiger partial charge >= 0.3 is 0 Å². The van der Waals surface area contributed by atoms with Crippen LogP contribution in [0.25, 0.3) is 6.08 Å². The largest absolute Gasteiger partial charge is 0.329 e. The molecule has 100 valence electrons. The van der Waals surface area contributed by atoms with Crippen molar-refractivity contribution in [3.63, 3.8) is 0 Å². The van der Waals surface area contributed by atoms with E-state index in [1.165, 1.54) is 0 Å². The van der Waals surface area contributed by atoms with Crippen molar-refractivity contribution in [1.29, 1.82) is 0 Å². The SMILES string of the molecule is O=C(/C=C/c1ccc(Cl)cc1)N1Cc2cccnc2C1. The third-order valence-corrected chi connectivity index (χ3v) is 3.54. The molecule has 3 nitrogen and oxygen atoms in total. The number of benzene rings is 1. The number of hydrogen-bond acceptors (Lipinski definition) is 2. The van der Waals surface area contributed by atoms with Gasteiger partial charge in [-0.2, -0.15) is 0 Å². The summed E-state index contributed by atoms with van der Waals surface area (Å²) >= 11 is 5.82. The van der Waals surface area contributed by atoms with Gasteiger partial charge in [0.25, 0.3) is 0 Å². The molecule has 2 heterocycles. The summed E-state index contributed by atoms with van der Waals surface area (Å²) in [5.41, 5.74) is 3.07. The van der Waals surface area contributed by atoms with Gasteiger partial charge in [-0.3, -0.25) is 9.78 Å². The van der Waals surface area contributed by atoms with Crippen LogP contribution in [0, 0.1) is 0 Å². The molecule has 1 aliphatic rings. The number of nitrogens with zero attached hydrogens (tertiary/aromatic N) is 2. The Morgan fingerprint density at radius 2 is 2.00 bits per heavy atom. The third-order valence-electron chi connectivity index (χ3n) is 3.29. The summed E-state index contributed by atoms with van der Waals surface area (Å²) in [5, 5.41) is 0.689. The van der Waals surface area contributed by atoms with Crippen molar-refractivity contribution in [2.45, 2.75) is 13.1 Å². The van der Waals surface area contributed by atoms with E-state index in [0.717, 1.165) is 16.8 Å². The van der Waals surface area contributed by atoms with Crippen molar-refractivity contribution >= 4 is 23.6 Å². The van der Waals surface area contributed by atoms with E-state index in [1.807, 2.05) is 24.3 Å². The van der Waals surface area contributed by atoms with Crippen molar-refractivity contribution < 1.29 is 4.79 Å². The second-order valence-electron chi connectivity index (χ2n) is 4.69. The van der Waals surface area contributed by atoms with Gasteiger partial charge < -0.3 is 4.90 Å². The maximum absolute atomic E-state index is 12.1. The molecule has 0 spiro atoms. The molecular formula is C16H13ClN2O. The normalized spacial score (nSPS) is 13.8. The second-order valence-corrected chi connectivity index (χ2v) is 5.12. The Bertz CT molecular complexity index is 639. The maximum atomic E-state index is 12.1. The molecule has 0 fully saturated rings. The lowest BCUT2D eigenvalue weighted by molar-refractivity contribution is -0.126. The lowest BCUT2D eigenvalue weighted by atomic mass is 10.2. The van der Waals surface area contributed by atoms with Crippen LogP contribution >= 0.6 is 11.6 Å². The molecule has 0 saturated heterocycles. The Morgan fingerprint density at radius 1 is 1.20 bits per heavy atom. The summed E-state index contributed by atoms with van der Waals surface area (Å²) in [5.74, 6) is -0.00190. The molecule has 1 amide bonds. The number of pyridine rings is 1. The number of hydrogen-bond donors (Lipinski definition) is 0. The van der Waals surface area contributed by atoms with E-state index >= 15 is 0 Å². The Balaban J connectivity index is 1.68. The molecule has 0 atom stereocenters. The molecule has 0 radical (unpaired) electrons. The lowest BCUT2D eigenvalue weighted by Gasteiger charge is -2.11. The van der Waals surface area contributed by atoms with Gasteiger partial charge in [-0.05, 0) is 35.4 Å². The molecule has 0 unspecified atom stereocenters. The predicted octanol–water partition coefficient (Wildman–Crippen LogP) is 3.29. The zero-order chi connectivity index (χ0) is 13.9. The first kappa shape index (κ1) is 12.9. The zero-order valence-corrected chi connectivity index (χ0v) is 11.5. The summed E-state index contributed by atoms with van der Waals surface area (Å²) < 4.78 is 0. The molecule has 1 aliphatic heterocycles. The van der Waals surface area contributed by atoms with E-state index in [-0.39, 0.29) is 5.91 Å². The van der Waals surface area contributed by atoms with E-state index < -0.39 is 0 Å². The third kappa shape index (κ3) is 2.73. The summed E-state index contributed by atoms with van der Waals surface area (Å²) in [6, 6.07) is 11.3. The number of halogens is 1. The fourth-order valence-electron chi connectivity index (χ4n) is 2.20. The molecule has 0 bridgehead atoms. The van der Waals surface area contributed by atoms with Crippen molar-refractivity contribution in [2.24, 2.45) is 0 Å². The Labute approximate surface area is 122 Å². The van der Waals surface area contributed by atoms with E-state index in [9.17, 15) is 4.79 Å². The highest BCUT2D eigenvalue weighted by molar-refractivity contribution is 6.30. The molecule has 0 aliphatic carbocycles. The molecule has 4 heteroatoms. The topological polar surface area (TPSA) is 33.2 Å². The molecule has 0 saturated carbocycles. The number of rotatable bonds is 2. The van der Waals surface area contributed by atoms with Gasteiger partial charge in [0.05, 0.1) is 12.2 Å². The Kier molecular flexibility index (Phi) is 3.52. The van der Waals surface area contributed by atoms with E-state index in [4.69, 9.17) is 11.6 Å². The first-order valence-electron chi connectivity index (χ1n) is 6.38. The highest BCUT2D eigenvalue weighted by Crippen LogP contribution is 2.20. The standard InChI is InChI=1S/C16H13ClN2O/c17-14-6-3-12(4-7-14)5-8-16(20)19-10-13-2-1-9-18-15(13)11-19/h1-9H,10-11H2/b8-5+. The van der Waals surface area contributed by atoms with Crippen LogP contribution in [0.2, 0.25) is 5.02 Å². The number of amides is 1. The van der Waals surface area contributed by atoms with Crippen molar-refractivity contribution in [3.05, 3.63) is 70.5 Å². The van der Waals surface area contributed by atoms with Crippen LogP contribution < -0.4 is 0 Å². The fraction of sp³-hybridized carbons (Fsp3) is 0.125. The van der Waals surface area contributed by atoms with Crippen LogP contribution in [-0.2, 0) is 17.9 Å². The van der Waals surface area contributed by atoms with Crippen LogP contribution in [0.1, 0.15) is 16.8 Å². The Hall–Kier alpha value is -2.13. The van der Waals surface area contributed by atoms with Gasteiger partial charge in [0.1, 0.15) is 0 Å². The number of carbonyl (C=O) groups is 1. The Morgan fingerprint density at radius 3 is 2.75 bits per heavy atom. The molecule has 3 rings (SSSR count). The van der Waals surface area contributed by atoms with Crippen LogP contribution in [0.5, 0.6) is 0 Å². The summed E-state index contributed by atoms with van der Waals surface area (Å²) in [6.45, 7) is 1.22. The fourth-order valence-corrected chi connectivity index (χ4v) is 2.33. The van der Waals surface area contributed by atoms with Crippen molar-refractivity contribution in [2.75, 3.05) is 0 Å². The smallest absolute Gasteiger partial charge is 0.247 e. The van der Waals surface area contributed by atoms with Crippen molar-refractivity contribution in [1.82, 2.24) is 9.88 Å². The molecule has 0 N–H and O–H groups in total. The highest BCUT2D eigenvalue weighted by atomic mass is 35.5. The molecule has 20 heavy (non-hydrogen) atoms. The number of fused-ring (bicyclic) bond motifs is 1. The van der Waals surface area contributed by atoms with Crippen LogP contribution in [0.15, 0.2) is 48.7 Å². The molecular weight excluding hydrogens is 272 g/mol. The quantitative estimate of drug-likeness (QED) is 0.793. The van der Waals surface area contributed by atoms with E-state index in [0.29, 0.717) is 18.1 Å². The monoisotopic (exact) mass is 284 g/mol. The second kappa shape index (κ2) is 5.47. The minimum Gasteiger partial charge on any atom is -0.329 e. The molecule has 1 aromatic carbocycles. The lowest BCUT2D eigenvalue weighted by Crippen LogP contribution is -2.23. The van der Waals surface area contributed by atoms with Gasteiger partial charge in [0, 0.05) is 23.8 Å². The molecule has 1 aromatic heterocycles. The minimum atomic E-state index is -0.00190. The number of aromatic nitrogens is 1. The van der Waals surface area contributed by atoms with Gasteiger partial charge in [-0.1, -0.05) is 29.8 Å². The average Bonchev–Trinajstić information content (AvgIpc) is 2.90. The van der Waals surface area contributed by atoms with Gasteiger partial charge in [0.15, 0.2) is 0 Å². The van der Waals surface area contributed by atoms with E-state index in [1.54, 1.807) is 35.4 Å². The van der Waals surface area contributed by atoms with Gasteiger partial charge in [0.2, 0.25) is 5.91 Å². The van der Waals surface area contributed by atoms with Crippen LogP contribution in [0.4, 0.5) is 0 Å². The highest BCUT2D eigenvalue weighted by Gasteiger charge is 2.22. The van der Waals surface area contributed by atoms with Crippen molar-refractivity contribution in [3.8, 4) is 0 Å². The first-order valence-corrected chi connectivity index (χ1v) is 6.75. The van der Waals surface area contributed by atoms with Crippen LogP contribution in [-0.4, -0.2) is 15.8 Å². The summed E-state index contributed by atoms with van der Waals surface area (Å²) in [6.07, 6.45) is 5.15. The van der Waals surface area contributed by atoms with Crippen LogP contribution in [0.3, 0.4) is 0 Å². The zero-order valence-electron chi connectivity index (χ0n) is 10.8. The van der Waals surface area contributed by atoms with E-state index in [2.05, 4.69) is 4.98 Å². The first-order chi connectivity index (χ1) is 9.72. The summed E-state index contributed by atoms with van der Waals surface area (Å²) in [4.78, 5) is 18.2.